The molecule has 1 saturated heterocycles. The van der Waals surface area contributed by atoms with E-state index in [1.54, 1.807) is 52.3 Å². The van der Waals surface area contributed by atoms with Crippen molar-refractivity contribution in [1.29, 1.82) is 0 Å². The Balaban J connectivity index is 1.55. The molecule has 0 aliphatic carbocycles. The predicted molar refractivity (Wildman–Crippen MR) is 128 cm³/mol. The Hall–Kier alpha value is -4.14. The molecular weight excluding hydrogens is 456 g/mol. The molecule has 0 bridgehead atoms. The first-order chi connectivity index (χ1) is 16.9. The summed E-state index contributed by atoms with van der Waals surface area (Å²) in [5.41, 5.74) is 1.90. The number of carbonyl (C=O) groups is 2. The van der Waals surface area contributed by atoms with Crippen LogP contribution in [0.2, 0.25) is 0 Å². The van der Waals surface area contributed by atoms with Crippen molar-refractivity contribution in [2.24, 2.45) is 0 Å². The fourth-order valence-electron chi connectivity index (χ4n) is 3.96. The third-order valence-electron chi connectivity index (χ3n) is 5.73. The number of rotatable bonds is 7. The molecule has 9 heteroatoms. The Morgan fingerprint density at radius 2 is 1.80 bits per heavy atom. The molecule has 1 N–H and O–H groups in total. The Bertz CT molecular complexity index is 1250. The molecule has 35 heavy (non-hydrogen) atoms. The van der Waals surface area contributed by atoms with E-state index in [1.165, 1.54) is 20.3 Å². The van der Waals surface area contributed by atoms with Crippen LogP contribution >= 0.6 is 0 Å². The van der Waals surface area contributed by atoms with E-state index in [1.807, 2.05) is 0 Å². The molecule has 0 spiro atoms. The van der Waals surface area contributed by atoms with Crippen molar-refractivity contribution in [1.82, 2.24) is 4.90 Å². The third kappa shape index (κ3) is 5.34. The van der Waals surface area contributed by atoms with Gasteiger partial charge in [0.05, 0.1) is 19.9 Å². The molecule has 0 unspecified atom stereocenters. The summed E-state index contributed by atoms with van der Waals surface area (Å²) >= 11 is 0. The number of carbonyl (C=O) groups excluding carboxylic acids is 2. The fraction of sp³-hybridized carbons (Fsp3) is 0.231. The zero-order valence-corrected chi connectivity index (χ0v) is 19.4. The molecule has 1 heterocycles. The molecule has 1 aliphatic heterocycles. The van der Waals surface area contributed by atoms with Crippen LogP contribution in [0.4, 0.5) is 25.0 Å². The smallest absolute Gasteiger partial charge is 0.324 e. The highest BCUT2D eigenvalue weighted by Crippen LogP contribution is 2.34. The van der Waals surface area contributed by atoms with Gasteiger partial charge in [-0.25, -0.2) is 13.6 Å². The van der Waals surface area contributed by atoms with Crippen LogP contribution in [0, 0.1) is 11.6 Å². The van der Waals surface area contributed by atoms with E-state index in [4.69, 9.17) is 9.47 Å². The van der Waals surface area contributed by atoms with Gasteiger partial charge < -0.3 is 19.7 Å². The third-order valence-corrected chi connectivity index (χ3v) is 5.73. The Kier molecular flexibility index (Phi) is 7.14. The SMILES string of the molecule is COc1cccc(C(=O)Nc2ccc(OC)c(N3CCCN(Cc4ccc(F)c(F)c4)C3=O)c2)c1. The number of amides is 3. The van der Waals surface area contributed by atoms with Crippen LogP contribution in [-0.4, -0.2) is 44.1 Å². The minimum Gasteiger partial charge on any atom is -0.497 e. The van der Waals surface area contributed by atoms with Gasteiger partial charge in [-0.2, -0.15) is 0 Å². The van der Waals surface area contributed by atoms with Crippen molar-refractivity contribution in [3.63, 3.8) is 0 Å². The lowest BCUT2D eigenvalue weighted by atomic mass is 10.1. The van der Waals surface area contributed by atoms with Gasteiger partial charge in [-0.15, -0.1) is 0 Å². The lowest BCUT2D eigenvalue weighted by Gasteiger charge is -2.36. The number of halogens is 2. The molecule has 3 aromatic carbocycles. The number of urea groups is 1. The van der Waals surface area contributed by atoms with Crippen molar-refractivity contribution in [2.45, 2.75) is 13.0 Å². The number of hydrogen-bond donors (Lipinski definition) is 1. The maximum absolute atomic E-state index is 13.6. The largest absolute Gasteiger partial charge is 0.497 e. The van der Waals surface area contributed by atoms with Crippen molar-refractivity contribution in [3.05, 3.63) is 83.4 Å². The number of nitrogens with one attached hydrogen (secondary N) is 1. The highest BCUT2D eigenvalue weighted by molar-refractivity contribution is 6.05. The Morgan fingerprint density at radius 1 is 0.971 bits per heavy atom. The highest BCUT2D eigenvalue weighted by atomic mass is 19.2. The molecule has 0 atom stereocenters. The topological polar surface area (TPSA) is 71.1 Å². The second-order valence-electron chi connectivity index (χ2n) is 8.03. The van der Waals surface area contributed by atoms with Gasteiger partial charge in [0.15, 0.2) is 11.6 Å². The van der Waals surface area contributed by atoms with Gasteiger partial charge in [0, 0.05) is 30.9 Å². The zero-order valence-electron chi connectivity index (χ0n) is 19.4. The predicted octanol–water partition coefficient (Wildman–Crippen LogP) is 5.07. The quantitative estimate of drug-likeness (QED) is 0.512. The summed E-state index contributed by atoms with van der Waals surface area (Å²) in [7, 11) is 3.03. The van der Waals surface area contributed by atoms with Crippen LogP contribution in [0.15, 0.2) is 60.7 Å². The molecule has 3 aromatic rings. The fourth-order valence-corrected chi connectivity index (χ4v) is 3.96. The van der Waals surface area contributed by atoms with Crippen LogP contribution in [0.25, 0.3) is 0 Å². The van der Waals surface area contributed by atoms with Crippen LogP contribution in [-0.2, 0) is 6.54 Å². The second kappa shape index (κ2) is 10.4. The maximum atomic E-state index is 13.6. The van der Waals surface area contributed by atoms with Crippen LogP contribution in [0.3, 0.4) is 0 Å². The van der Waals surface area contributed by atoms with Gasteiger partial charge in [0.25, 0.3) is 5.91 Å². The normalized spacial score (nSPS) is 13.5. The zero-order chi connectivity index (χ0) is 24.9. The van der Waals surface area contributed by atoms with Crippen LogP contribution < -0.4 is 19.7 Å². The van der Waals surface area contributed by atoms with Crippen molar-refractivity contribution in [2.75, 3.05) is 37.5 Å². The van der Waals surface area contributed by atoms with E-state index in [9.17, 15) is 18.4 Å². The number of anilines is 2. The molecule has 7 nitrogen and oxygen atoms in total. The minimum absolute atomic E-state index is 0.140. The lowest BCUT2D eigenvalue weighted by Crippen LogP contribution is -2.49. The molecule has 0 aromatic heterocycles. The van der Waals surface area contributed by atoms with Crippen molar-refractivity contribution < 1.29 is 27.8 Å². The number of hydrogen-bond acceptors (Lipinski definition) is 4. The minimum atomic E-state index is -0.954. The highest BCUT2D eigenvalue weighted by Gasteiger charge is 2.29. The molecule has 3 amide bonds. The monoisotopic (exact) mass is 481 g/mol. The summed E-state index contributed by atoms with van der Waals surface area (Å²) < 4.78 is 37.6. The van der Waals surface area contributed by atoms with Gasteiger partial charge >= 0.3 is 6.03 Å². The maximum Gasteiger partial charge on any atom is 0.324 e. The number of methoxy groups -OCH3 is 2. The summed E-state index contributed by atoms with van der Waals surface area (Å²) in [6.45, 7) is 1.06. The molecule has 1 aliphatic rings. The molecule has 4 rings (SSSR count). The van der Waals surface area contributed by atoms with Crippen LogP contribution in [0.1, 0.15) is 22.3 Å². The molecule has 0 saturated carbocycles. The Morgan fingerprint density at radius 3 is 2.54 bits per heavy atom. The Labute approximate surface area is 201 Å². The van der Waals surface area contributed by atoms with E-state index in [2.05, 4.69) is 5.32 Å². The van der Waals surface area contributed by atoms with E-state index in [0.717, 1.165) is 12.1 Å². The van der Waals surface area contributed by atoms with Crippen LogP contribution in [0.5, 0.6) is 11.5 Å². The van der Waals surface area contributed by atoms with E-state index >= 15 is 0 Å². The average Bonchev–Trinajstić information content (AvgIpc) is 2.87. The van der Waals surface area contributed by atoms with E-state index in [0.29, 0.717) is 53.5 Å². The van der Waals surface area contributed by atoms with Crippen molar-refractivity contribution in [3.8, 4) is 11.5 Å². The summed E-state index contributed by atoms with van der Waals surface area (Å²) in [4.78, 5) is 29.2. The molecule has 0 radical (unpaired) electrons. The second-order valence-corrected chi connectivity index (χ2v) is 8.03. The summed E-state index contributed by atoms with van der Waals surface area (Å²) in [6.07, 6.45) is 0.666. The first kappa shape index (κ1) is 24.0. The van der Waals surface area contributed by atoms with Crippen molar-refractivity contribution >= 4 is 23.3 Å². The molecular formula is C26H25F2N3O4. The summed E-state index contributed by atoms with van der Waals surface area (Å²) in [5, 5.41) is 2.84. The standard InChI is InChI=1S/C26H25F2N3O4/c1-34-20-6-3-5-18(14-20)25(32)29-19-8-10-24(35-2)23(15-19)31-12-4-11-30(26(31)33)16-17-7-9-21(27)22(28)13-17/h3,5-10,13-15H,4,11-12,16H2,1-2H3,(H,29,32). The van der Waals surface area contributed by atoms with E-state index in [-0.39, 0.29) is 18.5 Å². The molecule has 182 valence electrons. The van der Waals surface area contributed by atoms with E-state index < -0.39 is 11.6 Å². The van der Waals surface area contributed by atoms with Gasteiger partial charge in [-0.1, -0.05) is 12.1 Å². The first-order valence-corrected chi connectivity index (χ1v) is 11.0. The average molecular weight is 481 g/mol. The lowest BCUT2D eigenvalue weighted by molar-refractivity contribution is 0.102. The number of ether oxygens (including phenoxy) is 2. The van der Waals surface area contributed by atoms with Gasteiger partial charge in [-0.05, 0) is 60.5 Å². The van der Waals surface area contributed by atoms with Gasteiger partial charge in [-0.3, -0.25) is 9.69 Å². The van der Waals surface area contributed by atoms with Gasteiger partial charge in [0.2, 0.25) is 0 Å². The first-order valence-electron chi connectivity index (χ1n) is 11.0. The van der Waals surface area contributed by atoms with Gasteiger partial charge in [0.1, 0.15) is 11.5 Å². The summed E-state index contributed by atoms with van der Waals surface area (Å²) in [5.74, 6) is -1.19. The molecule has 1 fully saturated rings. The number of benzene rings is 3. The number of nitrogens with zero attached hydrogens (tertiary/aromatic N) is 2. The summed E-state index contributed by atoms with van der Waals surface area (Å²) in [6, 6.07) is 15.1.